The van der Waals surface area contributed by atoms with Crippen LogP contribution in [0.4, 0.5) is 11.6 Å². The molecule has 1 heterocycles. The first-order valence-corrected chi connectivity index (χ1v) is 4.86. The Morgan fingerprint density at radius 1 is 1.36 bits per heavy atom. The fraction of sp³-hybridized carbons (Fsp3) is 0.400. The molecule has 0 aliphatic heterocycles. The normalized spacial score (nSPS) is 20.7. The van der Waals surface area contributed by atoms with Crippen molar-refractivity contribution in [2.24, 2.45) is 0 Å². The van der Waals surface area contributed by atoms with Crippen LogP contribution in [0.5, 0.6) is 0 Å². The van der Waals surface area contributed by atoms with Gasteiger partial charge in [0.05, 0.1) is 0 Å². The van der Waals surface area contributed by atoms with Gasteiger partial charge in [-0.05, 0) is 19.3 Å². The van der Waals surface area contributed by atoms with Gasteiger partial charge in [-0.1, -0.05) is 12.2 Å². The van der Waals surface area contributed by atoms with E-state index in [-0.39, 0.29) is 0 Å². The lowest BCUT2D eigenvalue weighted by molar-refractivity contribution is 0.671. The van der Waals surface area contributed by atoms with Crippen molar-refractivity contribution in [1.29, 1.82) is 0 Å². The van der Waals surface area contributed by atoms with Crippen molar-refractivity contribution in [2.45, 2.75) is 25.3 Å². The lowest BCUT2D eigenvalue weighted by Gasteiger charge is -2.18. The van der Waals surface area contributed by atoms with Crippen molar-refractivity contribution < 1.29 is 0 Å². The fourth-order valence-electron chi connectivity index (χ4n) is 1.57. The second-order valence-electron chi connectivity index (χ2n) is 3.40. The Balaban J connectivity index is 2.06. The number of nitrogens with one attached hydrogen (secondary N) is 1. The highest BCUT2D eigenvalue weighted by Gasteiger charge is 2.10. The number of nitrogen functional groups attached to an aromatic ring is 1. The van der Waals surface area contributed by atoms with Gasteiger partial charge in [0, 0.05) is 18.4 Å². The van der Waals surface area contributed by atoms with E-state index in [4.69, 9.17) is 5.73 Å². The van der Waals surface area contributed by atoms with Crippen LogP contribution in [0.25, 0.3) is 0 Å². The van der Waals surface area contributed by atoms with Crippen molar-refractivity contribution in [3.63, 3.8) is 0 Å². The number of hydrogen-bond donors (Lipinski definition) is 2. The molecule has 0 saturated heterocycles. The highest BCUT2D eigenvalue weighted by Crippen LogP contribution is 2.17. The van der Waals surface area contributed by atoms with E-state index in [1.54, 1.807) is 12.4 Å². The second-order valence-corrected chi connectivity index (χ2v) is 3.40. The van der Waals surface area contributed by atoms with Gasteiger partial charge in [0.1, 0.15) is 0 Å². The maximum absolute atomic E-state index is 5.68. The van der Waals surface area contributed by atoms with Gasteiger partial charge in [-0.2, -0.15) is 0 Å². The van der Waals surface area contributed by atoms with E-state index in [0.29, 0.717) is 17.7 Å². The summed E-state index contributed by atoms with van der Waals surface area (Å²) in [5.74, 6) is 1.15. The van der Waals surface area contributed by atoms with Crippen LogP contribution in [-0.4, -0.2) is 16.0 Å². The van der Waals surface area contributed by atoms with Gasteiger partial charge in [-0.3, -0.25) is 0 Å². The molecule has 1 aliphatic carbocycles. The first kappa shape index (κ1) is 8.99. The highest BCUT2D eigenvalue weighted by molar-refractivity contribution is 5.56. The van der Waals surface area contributed by atoms with E-state index >= 15 is 0 Å². The zero-order chi connectivity index (χ0) is 9.80. The topological polar surface area (TPSA) is 63.8 Å². The van der Waals surface area contributed by atoms with Gasteiger partial charge in [0.25, 0.3) is 0 Å². The summed E-state index contributed by atoms with van der Waals surface area (Å²) in [7, 11) is 0. The van der Waals surface area contributed by atoms with Crippen LogP contribution < -0.4 is 11.1 Å². The molecule has 0 amide bonds. The summed E-state index contributed by atoms with van der Waals surface area (Å²) in [6.45, 7) is 0. The largest absolute Gasteiger partial charge is 0.381 e. The minimum Gasteiger partial charge on any atom is -0.381 e. The van der Waals surface area contributed by atoms with E-state index in [0.717, 1.165) is 6.42 Å². The molecule has 0 spiro atoms. The average molecular weight is 190 g/mol. The molecule has 0 fully saturated rings. The zero-order valence-corrected chi connectivity index (χ0v) is 7.98. The summed E-state index contributed by atoms with van der Waals surface area (Å²) in [6.07, 6.45) is 11.1. The van der Waals surface area contributed by atoms with Crippen molar-refractivity contribution in [2.75, 3.05) is 11.1 Å². The molecule has 0 radical (unpaired) electrons. The van der Waals surface area contributed by atoms with E-state index in [1.165, 1.54) is 12.8 Å². The van der Waals surface area contributed by atoms with Gasteiger partial charge < -0.3 is 11.1 Å². The molecule has 1 aromatic heterocycles. The number of aromatic nitrogens is 2. The Hall–Kier alpha value is -1.58. The van der Waals surface area contributed by atoms with Crippen LogP contribution in [0.2, 0.25) is 0 Å². The summed E-state index contributed by atoms with van der Waals surface area (Å²) >= 11 is 0. The van der Waals surface area contributed by atoms with Crippen molar-refractivity contribution in [1.82, 2.24) is 9.97 Å². The van der Waals surface area contributed by atoms with Crippen LogP contribution in [0.3, 0.4) is 0 Å². The molecule has 14 heavy (non-hydrogen) atoms. The number of anilines is 2. The average Bonchev–Trinajstić information content (AvgIpc) is 2.23. The quantitative estimate of drug-likeness (QED) is 0.695. The lowest BCUT2D eigenvalue weighted by atomic mass is 10.0. The van der Waals surface area contributed by atoms with Gasteiger partial charge in [-0.15, -0.1) is 0 Å². The van der Waals surface area contributed by atoms with Gasteiger partial charge >= 0.3 is 0 Å². The van der Waals surface area contributed by atoms with E-state index in [2.05, 4.69) is 27.4 Å². The molecule has 4 heteroatoms. The first-order chi connectivity index (χ1) is 6.86. The molecule has 3 N–H and O–H groups in total. The second kappa shape index (κ2) is 4.09. The Morgan fingerprint density at radius 2 is 2.21 bits per heavy atom. The summed E-state index contributed by atoms with van der Waals surface area (Å²) in [6, 6.07) is 0.350. The SMILES string of the molecule is Nc1nccnc1NC1C=CCCC1. The molecule has 1 aromatic rings. The first-order valence-electron chi connectivity index (χ1n) is 4.86. The van der Waals surface area contributed by atoms with E-state index < -0.39 is 0 Å². The summed E-state index contributed by atoms with van der Waals surface area (Å²) in [5.41, 5.74) is 5.68. The highest BCUT2D eigenvalue weighted by atomic mass is 15.1. The Bertz CT molecular complexity index is 335. The number of allylic oxidation sites excluding steroid dienone is 1. The molecule has 4 nitrogen and oxygen atoms in total. The smallest absolute Gasteiger partial charge is 0.169 e. The predicted molar refractivity (Wildman–Crippen MR) is 56.8 cm³/mol. The fourth-order valence-corrected chi connectivity index (χ4v) is 1.57. The van der Waals surface area contributed by atoms with Crippen LogP contribution in [0.15, 0.2) is 24.5 Å². The van der Waals surface area contributed by atoms with Gasteiger partial charge in [0.2, 0.25) is 0 Å². The van der Waals surface area contributed by atoms with Gasteiger partial charge in [-0.25, -0.2) is 9.97 Å². The summed E-state index contributed by atoms with van der Waals surface area (Å²) in [5, 5.41) is 3.26. The number of nitrogens with zero attached hydrogens (tertiary/aromatic N) is 2. The molecule has 1 unspecified atom stereocenters. The Labute approximate surface area is 83.3 Å². The molecule has 74 valence electrons. The predicted octanol–water partition coefficient (Wildman–Crippen LogP) is 1.58. The van der Waals surface area contributed by atoms with Crippen LogP contribution in [-0.2, 0) is 0 Å². The van der Waals surface area contributed by atoms with Gasteiger partial charge in [0.15, 0.2) is 11.6 Å². The number of rotatable bonds is 2. The molecular weight excluding hydrogens is 176 g/mol. The van der Waals surface area contributed by atoms with Crippen molar-refractivity contribution in [3.05, 3.63) is 24.5 Å². The molecule has 0 aromatic carbocycles. The third-order valence-electron chi connectivity index (χ3n) is 2.30. The Kier molecular flexibility index (Phi) is 2.62. The van der Waals surface area contributed by atoms with E-state index in [1.807, 2.05) is 0 Å². The van der Waals surface area contributed by atoms with E-state index in [9.17, 15) is 0 Å². The molecule has 0 bridgehead atoms. The maximum atomic E-state index is 5.68. The van der Waals surface area contributed by atoms with Crippen LogP contribution >= 0.6 is 0 Å². The molecule has 1 atom stereocenters. The maximum Gasteiger partial charge on any atom is 0.169 e. The molecule has 1 aliphatic rings. The van der Waals surface area contributed by atoms with Crippen molar-refractivity contribution in [3.8, 4) is 0 Å². The number of nitrogens with two attached hydrogens (primary N) is 1. The summed E-state index contributed by atoms with van der Waals surface area (Å²) in [4.78, 5) is 8.11. The minimum atomic E-state index is 0.350. The van der Waals surface area contributed by atoms with Crippen molar-refractivity contribution >= 4 is 11.6 Å². The number of hydrogen-bond acceptors (Lipinski definition) is 4. The third kappa shape index (κ3) is 2.02. The van der Waals surface area contributed by atoms with Crippen LogP contribution in [0, 0.1) is 0 Å². The monoisotopic (exact) mass is 190 g/mol. The summed E-state index contributed by atoms with van der Waals surface area (Å²) < 4.78 is 0. The molecular formula is C10H14N4. The lowest BCUT2D eigenvalue weighted by Crippen LogP contribution is -2.20. The molecule has 0 saturated carbocycles. The molecule has 2 rings (SSSR count). The van der Waals surface area contributed by atoms with Crippen LogP contribution in [0.1, 0.15) is 19.3 Å². The zero-order valence-electron chi connectivity index (χ0n) is 7.98. The minimum absolute atomic E-state index is 0.350. The Morgan fingerprint density at radius 3 is 2.93 bits per heavy atom. The standard InChI is InChI=1S/C10H14N4/c11-9-10(13-7-6-12-9)14-8-4-2-1-3-5-8/h2,4,6-8H,1,3,5H2,(H2,11,12)(H,13,14). The third-order valence-corrected chi connectivity index (χ3v) is 2.30.